The van der Waals surface area contributed by atoms with Gasteiger partial charge in [0.05, 0.1) is 6.61 Å². The predicted octanol–water partition coefficient (Wildman–Crippen LogP) is 5.48. The number of hydrogen-bond donors (Lipinski definition) is 1. The molecule has 0 heterocycles. The largest absolute Gasteiger partial charge is 0.492 e. The molecule has 0 aliphatic heterocycles. The monoisotopic (exact) mass is 567 g/mol. The summed E-state index contributed by atoms with van der Waals surface area (Å²) in [5.74, 6) is 0.327. The van der Waals surface area contributed by atoms with Gasteiger partial charge in [-0.1, -0.05) is 32.0 Å². The molecule has 11 heteroatoms. The summed E-state index contributed by atoms with van der Waals surface area (Å²) in [5, 5.41) is 2.00. The number of alkyl halides is 1. The van der Waals surface area contributed by atoms with Gasteiger partial charge < -0.3 is 18.9 Å². The van der Waals surface area contributed by atoms with E-state index in [0.29, 0.717) is 18.2 Å². The molecule has 208 valence electrons. The van der Waals surface area contributed by atoms with Crippen LogP contribution in [0.15, 0.2) is 52.5 Å². The Morgan fingerprint density at radius 2 is 1.55 bits per heavy atom. The number of carbonyl (C=O) groups excluding carboxylic acids is 3. The van der Waals surface area contributed by atoms with E-state index in [4.69, 9.17) is 35.5 Å². The first-order valence-electron chi connectivity index (χ1n) is 11.8. The highest BCUT2D eigenvalue weighted by atomic mass is 35.5. The van der Waals surface area contributed by atoms with Crippen molar-refractivity contribution in [1.82, 2.24) is 0 Å². The van der Waals surface area contributed by atoms with Crippen molar-refractivity contribution >= 4 is 42.1 Å². The van der Waals surface area contributed by atoms with Crippen molar-refractivity contribution in [2.75, 3.05) is 25.7 Å². The van der Waals surface area contributed by atoms with Crippen molar-refractivity contribution in [2.24, 2.45) is 5.18 Å². The van der Waals surface area contributed by atoms with E-state index in [-0.39, 0.29) is 18.6 Å². The van der Waals surface area contributed by atoms with Gasteiger partial charge in [0.2, 0.25) is 0 Å². The van der Waals surface area contributed by atoms with Gasteiger partial charge in [0.25, 0.3) is 5.91 Å². The summed E-state index contributed by atoms with van der Waals surface area (Å²) in [6, 6.07) is 13.7. The van der Waals surface area contributed by atoms with E-state index < -0.39 is 23.9 Å². The normalized spacial score (nSPS) is 11.3. The molecule has 0 aliphatic rings. The Hall–Kier alpha value is -3.11. The van der Waals surface area contributed by atoms with Crippen molar-refractivity contribution in [3.05, 3.63) is 58.5 Å². The maximum Gasteiger partial charge on any atom is 0.303 e. The quantitative estimate of drug-likeness (QED) is 0.118. The Morgan fingerprint density at radius 3 is 2.05 bits per heavy atom. The minimum absolute atomic E-state index is 0.0579. The van der Waals surface area contributed by atoms with E-state index in [2.05, 4.69) is 26.5 Å². The summed E-state index contributed by atoms with van der Waals surface area (Å²) in [6.45, 7) is 8.54. The van der Waals surface area contributed by atoms with Crippen LogP contribution in [-0.4, -0.2) is 49.7 Å². The first-order chi connectivity index (χ1) is 17.9. The number of nitrogens with zero attached hydrogens (tertiary/aromatic N) is 1. The van der Waals surface area contributed by atoms with Crippen molar-refractivity contribution in [2.45, 2.75) is 57.5 Å². The molecule has 0 N–H and O–H groups in total. The van der Waals surface area contributed by atoms with Gasteiger partial charge in [0, 0.05) is 42.1 Å². The highest BCUT2D eigenvalue weighted by Gasteiger charge is 2.24. The molecule has 0 fully saturated rings. The second-order valence-electron chi connectivity index (χ2n) is 8.68. The summed E-state index contributed by atoms with van der Waals surface area (Å²) in [4.78, 5) is 41.3. The Labute approximate surface area is 233 Å². The average Bonchev–Trinajstić information content (AvgIpc) is 2.87. The van der Waals surface area contributed by atoms with Gasteiger partial charge in [0.15, 0.2) is 6.10 Å². The number of hydrogen-bond acceptors (Lipinski definition) is 9. The zero-order chi connectivity index (χ0) is 28.7. The van der Waals surface area contributed by atoms with Crippen molar-refractivity contribution in [3.63, 3.8) is 0 Å². The van der Waals surface area contributed by atoms with E-state index in [1.807, 2.05) is 47.6 Å². The Morgan fingerprint density at radius 1 is 0.947 bits per heavy atom. The SMILES string of the molecule is CC(=O)N=O.CC(=O)OCC(COc1ccc(C(C)(C)c2ccc(OCCCCl)c(S)c2)cc1)OC(C)=O. The number of rotatable bonds is 12. The van der Waals surface area contributed by atoms with Gasteiger partial charge in [-0.15, -0.1) is 29.1 Å². The molecular weight excluding hydrogens is 534 g/mol. The molecule has 9 nitrogen and oxygen atoms in total. The van der Waals surface area contributed by atoms with Gasteiger partial charge in [-0.2, -0.15) is 0 Å². The lowest BCUT2D eigenvalue weighted by Gasteiger charge is -2.27. The maximum absolute atomic E-state index is 11.3. The second kappa shape index (κ2) is 16.7. The van der Waals surface area contributed by atoms with Crippen LogP contribution in [0.1, 0.15) is 52.2 Å². The predicted molar refractivity (Wildman–Crippen MR) is 147 cm³/mol. The van der Waals surface area contributed by atoms with Crippen molar-refractivity contribution in [1.29, 1.82) is 0 Å². The molecule has 38 heavy (non-hydrogen) atoms. The summed E-state index contributed by atoms with van der Waals surface area (Å²) < 4.78 is 21.6. The minimum atomic E-state index is -0.679. The van der Waals surface area contributed by atoms with Crippen LogP contribution in [0.25, 0.3) is 0 Å². The summed E-state index contributed by atoms with van der Waals surface area (Å²) >= 11 is 10.3. The van der Waals surface area contributed by atoms with Gasteiger partial charge in [-0.3, -0.25) is 14.4 Å². The van der Waals surface area contributed by atoms with Crippen LogP contribution in [0.4, 0.5) is 0 Å². The van der Waals surface area contributed by atoms with Crippen LogP contribution in [0, 0.1) is 4.91 Å². The zero-order valence-corrected chi connectivity index (χ0v) is 23.8. The average molecular weight is 568 g/mol. The Balaban J connectivity index is 0.00000132. The number of halogens is 1. The van der Waals surface area contributed by atoms with E-state index in [1.165, 1.54) is 13.8 Å². The van der Waals surface area contributed by atoms with Crippen molar-refractivity contribution in [3.8, 4) is 11.5 Å². The standard InChI is InChI=1S/C25H31ClO6S.C2H3NO2/c1-17(27)30-15-22(32-18(2)28)16-31-21-9-6-19(7-10-21)25(3,4)20-8-11-23(24(33)14-20)29-13-5-12-26;1-2(4)3-5/h6-11,14,22,33H,5,12-13,15-16H2,1-4H3;1H3. The van der Waals surface area contributed by atoms with Crippen LogP contribution < -0.4 is 9.47 Å². The van der Waals surface area contributed by atoms with Crippen LogP contribution in [0.5, 0.6) is 11.5 Å². The zero-order valence-electron chi connectivity index (χ0n) is 22.2. The van der Waals surface area contributed by atoms with E-state index in [9.17, 15) is 14.4 Å². The third-order valence-corrected chi connectivity index (χ3v) is 5.78. The van der Waals surface area contributed by atoms with E-state index >= 15 is 0 Å². The van der Waals surface area contributed by atoms with E-state index in [0.717, 1.165) is 35.1 Å². The molecule has 0 saturated heterocycles. The molecule has 1 amide bonds. The topological polar surface area (TPSA) is 118 Å². The number of nitroso groups, excluding NO2 is 1. The molecule has 0 aromatic heterocycles. The molecule has 0 radical (unpaired) electrons. The molecule has 2 rings (SSSR count). The molecule has 1 unspecified atom stereocenters. The number of thiol groups is 1. The summed E-state index contributed by atoms with van der Waals surface area (Å²) in [6.07, 6.45) is 0.100. The molecule has 0 saturated carbocycles. The van der Waals surface area contributed by atoms with Crippen LogP contribution in [0.3, 0.4) is 0 Å². The first-order valence-corrected chi connectivity index (χ1v) is 12.8. The van der Waals surface area contributed by atoms with Crippen molar-refractivity contribution < 1.29 is 33.3 Å². The number of benzene rings is 2. The van der Waals surface area contributed by atoms with Crippen LogP contribution in [-0.2, 0) is 29.3 Å². The fourth-order valence-corrected chi connectivity index (χ4v) is 3.54. The summed E-state index contributed by atoms with van der Waals surface area (Å²) in [5.41, 5.74) is 1.91. The molecule has 0 aliphatic carbocycles. The number of esters is 2. The highest BCUT2D eigenvalue weighted by molar-refractivity contribution is 7.80. The Bertz CT molecular complexity index is 1080. The summed E-state index contributed by atoms with van der Waals surface area (Å²) in [7, 11) is 0. The van der Waals surface area contributed by atoms with Gasteiger partial charge in [0.1, 0.15) is 24.7 Å². The fourth-order valence-electron chi connectivity index (χ4n) is 3.15. The minimum Gasteiger partial charge on any atom is -0.492 e. The Kier molecular flexibility index (Phi) is 14.4. The maximum atomic E-state index is 11.3. The van der Waals surface area contributed by atoms with Gasteiger partial charge in [-0.25, -0.2) is 0 Å². The molecule has 1 atom stereocenters. The van der Waals surface area contributed by atoms with Crippen LogP contribution in [0.2, 0.25) is 0 Å². The number of amides is 1. The van der Waals surface area contributed by atoms with Gasteiger partial charge in [-0.05, 0) is 41.8 Å². The third kappa shape index (κ3) is 12.0. The lowest BCUT2D eigenvalue weighted by molar-refractivity contribution is -0.158. The molecule has 0 spiro atoms. The lowest BCUT2D eigenvalue weighted by Crippen LogP contribution is -2.29. The molecule has 2 aromatic carbocycles. The fraction of sp³-hybridized carbons (Fsp3) is 0.444. The lowest BCUT2D eigenvalue weighted by atomic mass is 9.78. The molecule has 2 aromatic rings. The highest BCUT2D eigenvalue weighted by Crippen LogP contribution is 2.36. The first kappa shape index (κ1) is 32.9. The van der Waals surface area contributed by atoms with Crippen LogP contribution >= 0.6 is 24.2 Å². The van der Waals surface area contributed by atoms with E-state index in [1.54, 1.807) is 0 Å². The molecule has 0 bridgehead atoms. The smallest absolute Gasteiger partial charge is 0.303 e. The third-order valence-electron chi connectivity index (χ3n) is 5.16. The molecular formula is C27H34ClNO8S. The van der Waals surface area contributed by atoms with Gasteiger partial charge >= 0.3 is 11.9 Å². The second-order valence-corrected chi connectivity index (χ2v) is 9.54. The number of ether oxygens (including phenoxy) is 4. The number of carbonyl (C=O) groups is 3.